The van der Waals surface area contributed by atoms with E-state index in [2.05, 4.69) is 48.4 Å². The number of piperidine rings is 1. The van der Waals surface area contributed by atoms with Crippen molar-refractivity contribution in [2.75, 3.05) is 13.1 Å². The Morgan fingerprint density at radius 2 is 1.82 bits per heavy atom. The summed E-state index contributed by atoms with van der Waals surface area (Å²) in [7, 11) is 0. The predicted molar refractivity (Wildman–Crippen MR) is 129 cm³/mol. The van der Waals surface area contributed by atoms with E-state index in [-0.39, 0.29) is 11.8 Å². The lowest BCUT2D eigenvalue weighted by Crippen LogP contribution is -2.53. The molecule has 33 heavy (non-hydrogen) atoms. The molecule has 0 unspecified atom stereocenters. The van der Waals surface area contributed by atoms with Crippen LogP contribution < -0.4 is 5.73 Å². The van der Waals surface area contributed by atoms with Crippen LogP contribution in [0.1, 0.15) is 36.1 Å². The van der Waals surface area contributed by atoms with E-state index >= 15 is 0 Å². The van der Waals surface area contributed by atoms with E-state index in [4.69, 9.17) is 5.73 Å². The van der Waals surface area contributed by atoms with E-state index in [1.54, 1.807) is 6.20 Å². The molecule has 6 nitrogen and oxygen atoms in total. The molecule has 0 aliphatic carbocycles. The van der Waals surface area contributed by atoms with Gasteiger partial charge in [-0.3, -0.25) is 14.3 Å². The number of aryl methyl sites for hydroxylation is 3. The first-order chi connectivity index (χ1) is 15.9. The van der Waals surface area contributed by atoms with Crippen molar-refractivity contribution in [1.82, 2.24) is 14.7 Å². The highest BCUT2D eigenvalue weighted by atomic mass is 16.2. The van der Waals surface area contributed by atoms with Crippen LogP contribution in [0.5, 0.6) is 0 Å². The second-order valence-electron chi connectivity index (χ2n) is 9.26. The van der Waals surface area contributed by atoms with Gasteiger partial charge in [0.15, 0.2) is 0 Å². The van der Waals surface area contributed by atoms with Gasteiger partial charge in [-0.15, -0.1) is 0 Å². The molecular weight excluding hydrogens is 412 g/mol. The molecule has 0 radical (unpaired) electrons. The van der Waals surface area contributed by atoms with Gasteiger partial charge in [0.1, 0.15) is 0 Å². The summed E-state index contributed by atoms with van der Waals surface area (Å²) in [6.07, 6.45) is 4.10. The van der Waals surface area contributed by atoms with Gasteiger partial charge >= 0.3 is 0 Å². The number of likely N-dealkylation sites (tertiary alicyclic amines) is 1. The normalized spacial score (nSPS) is 18.3. The van der Waals surface area contributed by atoms with E-state index in [0.717, 1.165) is 28.8 Å². The van der Waals surface area contributed by atoms with Crippen LogP contribution in [-0.4, -0.2) is 39.6 Å². The van der Waals surface area contributed by atoms with Gasteiger partial charge < -0.3 is 10.6 Å². The number of carbonyl (C=O) groups excluding carboxylic acids is 2. The van der Waals surface area contributed by atoms with Gasteiger partial charge in [-0.2, -0.15) is 5.10 Å². The number of hydrogen-bond acceptors (Lipinski definition) is 3. The van der Waals surface area contributed by atoms with Crippen LogP contribution in [0.25, 0.3) is 11.1 Å². The van der Waals surface area contributed by atoms with E-state index < -0.39 is 5.41 Å². The standard InChI is InChI=1S/C27H32N4O2/c1-20-6-3-8-23(16-20)24-9-4-7-22(17-24)18-27(26(28)33)12-5-14-30(19-27)25(32)11-15-31-21(2)10-13-29-31/h3-4,6-10,13,16-17H,5,11-12,14-15,18-19H2,1-2H3,(H2,28,33)/t27-/m1/s1. The number of benzene rings is 2. The molecule has 2 N–H and O–H groups in total. The third-order valence-electron chi connectivity index (χ3n) is 6.74. The van der Waals surface area contributed by atoms with Crippen molar-refractivity contribution in [3.8, 4) is 11.1 Å². The van der Waals surface area contributed by atoms with E-state index in [1.807, 2.05) is 34.7 Å². The minimum Gasteiger partial charge on any atom is -0.369 e. The average molecular weight is 445 g/mol. The second kappa shape index (κ2) is 9.61. The van der Waals surface area contributed by atoms with Gasteiger partial charge in [-0.1, -0.05) is 54.1 Å². The number of primary amides is 1. The summed E-state index contributed by atoms with van der Waals surface area (Å²) < 4.78 is 1.83. The molecule has 2 amide bonds. The van der Waals surface area contributed by atoms with Crippen LogP contribution in [0.2, 0.25) is 0 Å². The van der Waals surface area contributed by atoms with Crippen molar-refractivity contribution in [2.45, 2.75) is 46.1 Å². The third kappa shape index (κ3) is 5.16. The second-order valence-corrected chi connectivity index (χ2v) is 9.26. The Labute approximate surface area is 195 Å². The molecule has 0 spiro atoms. The molecule has 1 aliphatic heterocycles. The van der Waals surface area contributed by atoms with Crippen molar-refractivity contribution in [3.63, 3.8) is 0 Å². The van der Waals surface area contributed by atoms with Crippen LogP contribution in [0, 0.1) is 19.3 Å². The van der Waals surface area contributed by atoms with Crippen LogP contribution in [0.4, 0.5) is 0 Å². The lowest BCUT2D eigenvalue weighted by molar-refractivity contribution is -0.140. The molecule has 2 aromatic carbocycles. The highest BCUT2D eigenvalue weighted by Crippen LogP contribution is 2.35. The smallest absolute Gasteiger partial charge is 0.225 e. The van der Waals surface area contributed by atoms with Gasteiger partial charge in [0.05, 0.1) is 5.41 Å². The Morgan fingerprint density at radius 3 is 2.52 bits per heavy atom. The molecule has 6 heteroatoms. The van der Waals surface area contributed by atoms with Gasteiger partial charge in [-0.25, -0.2) is 0 Å². The number of hydrogen-bond donors (Lipinski definition) is 1. The molecule has 1 saturated heterocycles. The molecule has 1 atom stereocenters. The lowest BCUT2D eigenvalue weighted by atomic mass is 9.74. The molecule has 1 aliphatic rings. The molecular formula is C27H32N4O2. The Balaban J connectivity index is 1.50. The number of aromatic nitrogens is 2. The molecule has 1 fully saturated rings. The van der Waals surface area contributed by atoms with Crippen LogP contribution in [0.3, 0.4) is 0 Å². The van der Waals surface area contributed by atoms with Gasteiger partial charge in [0.2, 0.25) is 11.8 Å². The molecule has 3 aromatic rings. The quantitative estimate of drug-likeness (QED) is 0.600. The van der Waals surface area contributed by atoms with Gasteiger partial charge in [0, 0.05) is 37.9 Å². The number of carbonyl (C=O) groups is 2. The Bertz CT molecular complexity index is 1150. The summed E-state index contributed by atoms with van der Waals surface area (Å²) in [6.45, 7) is 5.62. The monoisotopic (exact) mass is 444 g/mol. The lowest BCUT2D eigenvalue weighted by Gasteiger charge is -2.41. The molecule has 4 rings (SSSR count). The molecule has 172 valence electrons. The fourth-order valence-corrected chi connectivity index (χ4v) is 4.85. The van der Waals surface area contributed by atoms with E-state index in [9.17, 15) is 9.59 Å². The zero-order valence-electron chi connectivity index (χ0n) is 19.5. The Kier molecular flexibility index (Phi) is 6.63. The van der Waals surface area contributed by atoms with Crippen molar-refractivity contribution >= 4 is 11.8 Å². The maximum atomic E-state index is 13.0. The zero-order chi connectivity index (χ0) is 23.4. The summed E-state index contributed by atoms with van der Waals surface area (Å²) in [5.74, 6) is -0.285. The first-order valence-electron chi connectivity index (χ1n) is 11.6. The van der Waals surface area contributed by atoms with Crippen molar-refractivity contribution in [3.05, 3.63) is 77.6 Å². The predicted octanol–water partition coefficient (Wildman–Crippen LogP) is 3.89. The third-order valence-corrected chi connectivity index (χ3v) is 6.74. The number of nitrogens with two attached hydrogens (primary N) is 1. The first kappa shape index (κ1) is 22.8. The average Bonchev–Trinajstić information content (AvgIpc) is 3.22. The van der Waals surface area contributed by atoms with Gasteiger partial charge in [-0.05, 0) is 55.9 Å². The fourth-order valence-electron chi connectivity index (χ4n) is 4.85. The largest absolute Gasteiger partial charge is 0.369 e. The Morgan fingerprint density at radius 1 is 1.06 bits per heavy atom. The summed E-state index contributed by atoms with van der Waals surface area (Å²) in [4.78, 5) is 27.5. The molecule has 0 saturated carbocycles. The number of amides is 2. The Hall–Kier alpha value is -3.41. The molecule has 1 aromatic heterocycles. The molecule has 2 heterocycles. The maximum absolute atomic E-state index is 13.0. The molecule has 0 bridgehead atoms. The summed E-state index contributed by atoms with van der Waals surface area (Å²) in [6, 6.07) is 18.6. The minimum absolute atomic E-state index is 0.0451. The SMILES string of the molecule is Cc1cccc(-c2cccc(C[C@]3(C(N)=O)CCCN(C(=O)CCn4nccc4C)C3)c2)c1. The summed E-state index contributed by atoms with van der Waals surface area (Å²) >= 11 is 0. The maximum Gasteiger partial charge on any atom is 0.225 e. The van der Waals surface area contributed by atoms with Crippen molar-refractivity contribution < 1.29 is 9.59 Å². The highest BCUT2D eigenvalue weighted by Gasteiger charge is 2.42. The van der Waals surface area contributed by atoms with Crippen molar-refractivity contribution in [1.29, 1.82) is 0 Å². The number of rotatable bonds is 7. The minimum atomic E-state index is -0.749. The first-order valence-corrected chi connectivity index (χ1v) is 11.6. The van der Waals surface area contributed by atoms with Crippen LogP contribution in [0.15, 0.2) is 60.8 Å². The van der Waals surface area contributed by atoms with E-state index in [0.29, 0.717) is 38.9 Å². The van der Waals surface area contributed by atoms with Crippen LogP contribution >= 0.6 is 0 Å². The topological polar surface area (TPSA) is 81.2 Å². The zero-order valence-corrected chi connectivity index (χ0v) is 19.5. The van der Waals surface area contributed by atoms with Gasteiger partial charge in [0.25, 0.3) is 0 Å². The number of nitrogens with zero attached hydrogens (tertiary/aromatic N) is 3. The van der Waals surface area contributed by atoms with Crippen LogP contribution in [-0.2, 0) is 22.6 Å². The highest BCUT2D eigenvalue weighted by molar-refractivity contribution is 5.83. The van der Waals surface area contributed by atoms with Crippen molar-refractivity contribution in [2.24, 2.45) is 11.1 Å². The van der Waals surface area contributed by atoms with E-state index in [1.165, 1.54) is 5.56 Å². The fraction of sp³-hybridized carbons (Fsp3) is 0.370. The summed E-state index contributed by atoms with van der Waals surface area (Å²) in [5, 5.41) is 4.26. The summed E-state index contributed by atoms with van der Waals surface area (Å²) in [5.41, 5.74) is 10.8.